The maximum absolute atomic E-state index is 12.7. The van der Waals surface area contributed by atoms with Crippen LogP contribution in [0.4, 0.5) is 13.2 Å². The molecule has 0 radical (unpaired) electrons. The fourth-order valence-electron chi connectivity index (χ4n) is 2.43. The molecule has 6 heteroatoms. The topological polar surface area (TPSA) is 35.0 Å². The summed E-state index contributed by atoms with van der Waals surface area (Å²) in [6.45, 7) is 0. The van der Waals surface area contributed by atoms with Gasteiger partial charge in [-0.05, 0) is 43.9 Å². The lowest BCUT2D eigenvalue weighted by molar-refractivity contribution is -0.137. The van der Waals surface area contributed by atoms with E-state index in [2.05, 4.69) is 9.97 Å². The summed E-state index contributed by atoms with van der Waals surface area (Å²) < 4.78 is 43.7. The fourth-order valence-corrected chi connectivity index (χ4v) is 2.43. The highest BCUT2D eigenvalue weighted by Gasteiger charge is 2.30. The molecule has 0 aliphatic heterocycles. The number of nitrogens with zero attached hydrogens (tertiary/aromatic N) is 2. The van der Waals surface area contributed by atoms with Gasteiger partial charge in [-0.15, -0.1) is 0 Å². The Morgan fingerprint density at radius 1 is 1.05 bits per heavy atom. The second-order valence-electron chi connectivity index (χ2n) is 4.94. The van der Waals surface area contributed by atoms with Crippen LogP contribution in [0.1, 0.15) is 29.7 Å². The van der Waals surface area contributed by atoms with Gasteiger partial charge >= 0.3 is 6.18 Å². The number of benzene rings is 1. The standard InChI is InChI=1S/C15H13F3N2O/c16-15(17,18)10-4-3-5-11(8-10)21-14-12-6-1-2-7-13(12)19-9-20-14/h3-5,8-9H,1-2,6-7H2. The van der Waals surface area contributed by atoms with Crippen molar-refractivity contribution >= 4 is 0 Å². The van der Waals surface area contributed by atoms with E-state index in [-0.39, 0.29) is 5.75 Å². The van der Waals surface area contributed by atoms with Gasteiger partial charge in [-0.3, -0.25) is 0 Å². The van der Waals surface area contributed by atoms with E-state index >= 15 is 0 Å². The lowest BCUT2D eigenvalue weighted by Crippen LogP contribution is -2.08. The van der Waals surface area contributed by atoms with Gasteiger partial charge in [0.2, 0.25) is 5.88 Å². The zero-order valence-corrected chi connectivity index (χ0v) is 11.2. The van der Waals surface area contributed by atoms with E-state index in [1.165, 1.54) is 18.5 Å². The van der Waals surface area contributed by atoms with Crippen LogP contribution >= 0.6 is 0 Å². The minimum absolute atomic E-state index is 0.135. The van der Waals surface area contributed by atoms with Gasteiger partial charge in [-0.25, -0.2) is 9.97 Å². The quantitative estimate of drug-likeness (QED) is 0.834. The monoisotopic (exact) mass is 294 g/mol. The van der Waals surface area contributed by atoms with Gasteiger partial charge in [0.1, 0.15) is 12.1 Å². The van der Waals surface area contributed by atoms with E-state index in [9.17, 15) is 13.2 Å². The maximum atomic E-state index is 12.7. The third-order valence-electron chi connectivity index (χ3n) is 3.46. The molecule has 3 rings (SSSR count). The lowest BCUT2D eigenvalue weighted by Gasteiger charge is -2.17. The van der Waals surface area contributed by atoms with Crippen LogP contribution in [-0.4, -0.2) is 9.97 Å². The van der Waals surface area contributed by atoms with Crippen molar-refractivity contribution in [3.05, 3.63) is 47.4 Å². The van der Waals surface area contributed by atoms with Crippen LogP contribution in [0, 0.1) is 0 Å². The molecular weight excluding hydrogens is 281 g/mol. The summed E-state index contributed by atoms with van der Waals surface area (Å²) in [5.41, 5.74) is 1.10. The molecular formula is C15H13F3N2O. The molecule has 0 atom stereocenters. The van der Waals surface area contributed by atoms with Gasteiger partial charge in [-0.1, -0.05) is 6.07 Å². The van der Waals surface area contributed by atoms with Crippen molar-refractivity contribution in [1.29, 1.82) is 0 Å². The van der Waals surface area contributed by atoms with Gasteiger partial charge < -0.3 is 4.74 Å². The Balaban J connectivity index is 1.91. The summed E-state index contributed by atoms with van der Waals surface area (Å²) in [6, 6.07) is 4.82. The summed E-state index contributed by atoms with van der Waals surface area (Å²) in [5.74, 6) is 0.496. The molecule has 1 aromatic heterocycles. The molecule has 0 bridgehead atoms. The van der Waals surface area contributed by atoms with Crippen LogP contribution in [0.3, 0.4) is 0 Å². The molecule has 0 fully saturated rings. The van der Waals surface area contributed by atoms with Gasteiger partial charge in [0, 0.05) is 5.56 Å². The summed E-state index contributed by atoms with van der Waals surface area (Å²) in [5, 5.41) is 0. The van der Waals surface area contributed by atoms with Gasteiger partial charge in [0.25, 0.3) is 0 Å². The third-order valence-corrected chi connectivity index (χ3v) is 3.46. The average Bonchev–Trinajstić information content (AvgIpc) is 2.47. The Morgan fingerprint density at radius 3 is 2.67 bits per heavy atom. The molecule has 2 aromatic rings. The predicted octanol–water partition coefficient (Wildman–Crippen LogP) is 4.17. The molecule has 110 valence electrons. The van der Waals surface area contributed by atoms with Crippen LogP contribution in [0.25, 0.3) is 0 Å². The zero-order chi connectivity index (χ0) is 14.9. The fraction of sp³-hybridized carbons (Fsp3) is 0.333. The molecule has 1 aliphatic rings. The number of halogens is 3. The molecule has 1 aromatic carbocycles. The molecule has 3 nitrogen and oxygen atoms in total. The zero-order valence-electron chi connectivity index (χ0n) is 11.2. The molecule has 1 heterocycles. The Hall–Kier alpha value is -2.11. The Kier molecular flexibility index (Phi) is 3.53. The first-order valence-electron chi connectivity index (χ1n) is 6.72. The van der Waals surface area contributed by atoms with Crippen LogP contribution in [0.5, 0.6) is 11.6 Å². The average molecular weight is 294 g/mol. The minimum Gasteiger partial charge on any atom is -0.439 e. The SMILES string of the molecule is FC(F)(F)c1cccc(Oc2ncnc3c2CCCC3)c1. The summed E-state index contributed by atoms with van der Waals surface area (Å²) >= 11 is 0. The Bertz CT molecular complexity index is 656. The highest BCUT2D eigenvalue weighted by molar-refractivity contribution is 5.37. The third kappa shape index (κ3) is 2.99. The number of ether oxygens (including phenoxy) is 1. The molecule has 0 unspecified atom stereocenters. The van der Waals surface area contributed by atoms with Gasteiger partial charge in [0.15, 0.2) is 0 Å². The van der Waals surface area contributed by atoms with Crippen molar-refractivity contribution in [1.82, 2.24) is 9.97 Å². The Labute approximate surface area is 119 Å². The van der Waals surface area contributed by atoms with Crippen molar-refractivity contribution in [3.63, 3.8) is 0 Å². The second-order valence-corrected chi connectivity index (χ2v) is 4.94. The van der Waals surface area contributed by atoms with E-state index in [1.54, 1.807) is 0 Å². The van der Waals surface area contributed by atoms with Crippen molar-refractivity contribution in [3.8, 4) is 11.6 Å². The van der Waals surface area contributed by atoms with Gasteiger partial charge in [0.05, 0.1) is 11.3 Å². The lowest BCUT2D eigenvalue weighted by atomic mass is 9.97. The number of hydrogen-bond donors (Lipinski definition) is 0. The Morgan fingerprint density at radius 2 is 1.86 bits per heavy atom. The van der Waals surface area contributed by atoms with E-state index < -0.39 is 11.7 Å². The van der Waals surface area contributed by atoms with Crippen molar-refractivity contribution in [2.45, 2.75) is 31.9 Å². The molecule has 0 saturated heterocycles. The van der Waals surface area contributed by atoms with Crippen LogP contribution < -0.4 is 4.74 Å². The molecule has 0 spiro atoms. The number of fused-ring (bicyclic) bond motifs is 1. The number of aryl methyl sites for hydroxylation is 1. The molecule has 1 aliphatic carbocycles. The van der Waals surface area contributed by atoms with Crippen LogP contribution in [-0.2, 0) is 19.0 Å². The number of hydrogen-bond acceptors (Lipinski definition) is 3. The summed E-state index contributed by atoms with van der Waals surface area (Å²) in [7, 11) is 0. The maximum Gasteiger partial charge on any atom is 0.416 e. The highest BCUT2D eigenvalue weighted by atomic mass is 19.4. The van der Waals surface area contributed by atoms with E-state index in [0.29, 0.717) is 5.88 Å². The number of alkyl halides is 3. The molecule has 21 heavy (non-hydrogen) atoms. The van der Waals surface area contributed by atoms with Crippen molar-refractivity contribution in [2.75, 3.05) is 0 Å². The second kappa shape index (κ2) is 5.35. The number of aromatic nitrogens is 2. The minimum atomic E-state index is -4.38. The largest absolute Gasteiger partial charge is 0.439 e. The molecule has 0 saturated carbocycles. The summed E-state index contributed by atoms with van der Waals surface area (Å²) in [4.78, 5) is 8.27. The van der Waals surface area contributed by atoms with Crippen LogP contribution in [0.15, 0.2) is 30.6 Å². The normalized spacial score (nSPS) is 14.6. The van der Waals surface area contributed by atoms with Crippen molar-refractivity contribution in [2.24, 2.45) is 0 Å². The highest BCUT2D eigenvalue weighted by Crippen LogP contribution is 2.34. The van der Waals surface area contributed by atoms with E-state index in [1.807, 2.05) is 0 Å². The first-order chi connectivity index (χ1) is 10.0. The first kappa shape index (κ1) is 13.9. The number of rotatable bonds is 2. The van der Waals surface area contributed by atoms with Crippen LogP contribution in [0.2, 0.25) is 0 Å². The first-order valence-corrected chi connectivity index (χ1v) is 6.72. The smallest absolute Gasteiger partial charge is 0.416 e. The molecule has 0 N–H and O–H groups in total. The van der Waals surface area contributed by atoms with Gasteiger partial charge in [-0.2, -0.15) is 13.2 Å². The van der Waals surface area contributed by atoms with E-state index in [0.717, 1.165) is 49.1 Å². The summed E-state index contributed by atoms with van der Waals surface area (Å²) in [6.07, 6.45) is 0.741. The van der Waals surface area contributed by atoms with E-state index in [4.69, 9.17) is 4.74 Å². The van der Waals surface area contributed by atoms with Crippen molar-refractivity contribution < 1.29 is 17.9 Å². The predicted molar refractivity (Wildman–Crippen MR) is 70.2 cm³/mol. The molecule has 0 amide bonds.